The fourth-order valence-corrected chi connectivity index (χ4v) is 4.91. The van der Waals surface area contributed by atoms with Crippen molar-refractivity contribution in [3.05, 3.63) is 169 Å². The fraction of sp³-hybridized carbons (Fsp3) is 0.122. The van der Waals surface area contributed by atoms with Gasteiger partial charge in [-0.05, 0) is 0 Å². The molecule has 0 bridgehead atoms. The molecule has 0 heterocycles. The van der Waals surface area contributed by atoms with Crippen molar-refractivity contribution < 1.29 is 102 Å². The Labute approximate surface area is 364 Å². The minimum Gasteiger partial charge on any atom is -1.00 e. The summed E-state index contributed by atoms with van der Waals surface area (Å²) < 4.78 is 0. The minimum absolute atomic E-state index is 0. The van der Waals surface area contributed by atoms with Crippen molar-refractivity contribution in [3.8, 4) is 0 Å². The molecular weight excluding hydrogens is 873 g/mol. The Hall–Kier alpha value is -1.32. The van der Waals surface area contributed by atoms with Gasteiger partial charge in [0.15, 0.2) is 0 Å². The first kappa shape index (κ1) is 54.5. The molecule has 6 radical (unpaired) electrons. The molecule has 0 saturated heterocycles. The molecule has 248 valence electrons. The number of halogens is 4. The molecule has 0 aliphatic heterocycles. The van der Waals surface area contributed by atoms with Crippen LogP contribution in [0.3, 0.4) is 0 Å². The Morgan fingerprint density at radius 2 is 0.755 bits per heavy atom. The molecule has 8 aromatic carbocycles. The number of aryl methyl sites for hydroxylation is 1. The molecule has 0 spiro atoms. The van der Waals surface area contributed by atoms with Gasteiger partial charge in [0.05, 0.1) is 0 Å². The summed E-state index contributed by atoms with van der Waals surface area (Å²) in [4.78, 5) is 0. The topological polar surface area (TPSA) is 0 Å². The standard InChI is InChI=1S/C12H13.3C9H7.2CH3Si.4ClH.2Zr/c1-2-5-10-8-9-11-6-3-4-7-12(10)11;3*1-2-5-9-7-3-6-8(9)4-1;2*1-2;;;;;;/h3-4,6-9H,2,5H2,1H3;3*1-7H;2*1H3;4*1H;;/q4*-1;;;;;;;2*+4/p-4. The normalized spacial score (nSPS) is 8.51. The number of benzene rings is 4. The average molecular weight is 913 g/mol. The summed E-state index contributed by atoms with van der Waals surface area (Å²) in [7, 11) is 5.94. The summed E-state index contributed by atoms with van der Waals surface area (Å²) >= 11 is 0. The first-order valence-electron chi connectivity index (χ1n) is 14.8. The smallest absolute Gasteiger partial charge is 1.00 e. The van der Waals surface area contributed by atoms with Gasteiger partial charge in [0.2, 0.25) is 0 Å². The molecule has 49 heavy (non-hydrogen) atoms. The third kappa shape index (κ3) is 17.6. The summed E-state index contributed by atoms with van der Waals surface area (Å²) in [6.45, 7) is 5.84. The van der Waals surface area contributed by atoms with E-state index in [0.29, 0.717) is 0 Å². The van der Waals surface area contributed by atoms with E-state index in [-0.39, 0.29) is 102 Å². The quantitative estimate of drug-likeness (QED) is 0.164. The second-order valence-electron chi connectivity index (χ2n) is 9.66. The van der Waals surface area contributed by atoms with Gasteiger partial charge in [0.25, 0.3) is 0 Å². The number of rotatable bonds is 2. The number of hydrogen-bond acceptors (Lipinski definition) is 0. The predicted octanol–water partition coefficient (Wildman–Crippen LogP) is -0.396. The van der Waals surface area contributed by atoms with E-state index < -0.39 is 0 Å². The SMILES string of the molecule is CCCc1c[cH-]c2ccccc12.C[Si].C[Si].[Cl-].[Cl-].[Cl-].[Cl-].[Zr+4].[Zr+4].c1ccc2[cH-]ccc2c1.c1ccc2[cH-]ccc2c1.c1ccc2[cH-]ccc2c1. The van der Waals surface area contributed by atoms with Crippen molar-refractivity contribution >= 4 is 63.6 Å². The fourth-order valence-electron chi connectivity index (χ4n) is 4.91. The van der Waals surface area contributed by atoms with Crippen molar-refractivity contribution in [1.82, 2.24) is 0 Å². The summed E-state index contributed by atoms with van der Waals surface area (Å²) in [5.74, 6) is 0. The Bertz CT molecular complexity index is 1620. The van der Waals surface area contributed by atoms with Crippen LogP contribution in [-0.2, 0) is 58.8 Å². The van der Waals surface area contributed by atoms with Crippen LogP contribution in [0.5, 0.6) is 0 Å². The van der Waals surface area contributed by atoms with Crippen LogP contribution in [0.2, 0.25) is 13.1 Å². The summed E-state index contributed by atoms with van der Waals surface area (Å²) in [5.41, 5.74) is 1.49. The zero-order valence-electron chi connectivity index (χ0n) is 28.0. The molecule has 0 aliphatic carbocycles. The van der Waals surface area contributed by atoms with Gasteiger partial charge in [-0.25, -0.2) is 0 Å². The van der Waals surface area contributed by atoms with E-state index in [9.17, 15) is 0 Å². The van der Waals surface area contributed by atoms with Gasteiger partial charge in [-0.15, -0.1) is 130 Å². The Morgan fingerprint density at radius 3 is 1.10 bits per heavy atom. The largest absolute Gasteiger partial charge is 4.00 e. The third-order valence-corrected chi connectivity index (χ3v) is 6.93. The van der Waals surface area contributed by atoms with Crippen molar-refractivity contribution in [2.24, 2.45) is 0 Å². The van der Waals surface area contributed by atoms with Crippen LogP contribution in [0.15, 0.2) is 164 Å². The van der Waals surface area contributed by atoms with Gasteiger partial charge in [-0.1, -0.05) is 57.1 Å². The van der Waals surface area contributed by atoms with Crippen LogP contribution in [0, 0.1) is 0 Å². The molecule has 0 N–H and O–H groups in total. The van der Waals surface area contributed by atoms with Crippen molar-refractivity contribution in [3.63, 3.8) is 0 Å². The van der Waals surface area contributed by atoms with Crippen molar-refractivity contribution in [2.75, 3.05) is 0 Å². The summed E-state index contributed by atoms with van der Waals surface area (Å²) in [6.07, 6.45) is 2.43. The third-order valence-electron chi connectivity index (χ3n) is 6.93. The van der Waals surface area contributed by atoms with Crippen LogP contribution in [0.4, 0.5) is 0 Å². The zero-order chi connectivity index (χ0) is 30.7. The van der Waals surface area contributed by atoms with E-state index in [4.69, 9.17) is 0 Å². The maximum Gasteiger partial charge on any atom is 4.00 e. The Balaban J connectivity index is -0.000000257. The number of fused-ring (bicyclic) bond motifs is 4. The van der Waals surface area contributed by atoms with Gasteiger partial charge in [0.1, 0.15) is 0 Å². The second kappa shape index (κ2) is 32.6. The monoisotopic (exact) mass is 908 g/mol. The van der Waals surface area contributed by atoms with Gasteiger partial charge in [0, 0.05) is 20.5 Å². The van der Waals surface area contributed by atoms with E-state index >= 15 is 0 Å². The molecule has 0 fully saturated rings. The van der Waals surface area contributed by atoms with E-state index in [1.54, 1.807) is 13.1 Å². The molecule has 0 saturated carbocycles. The molecule has 0 unspecified atom stereocenters. The van der Waals surface area contributed by atoms with E-state index in [2.05, 4.69) is 191 Å². The molecule has 8 rings (SSSR count). The second-order valence-corrected chi connectivity index (χ2v) is 9.66. The van der Waals surface area contributed by atoms with Crippen LogP contribution < -0.4 is 49.6 Å². The van der Waals surface area contributed by atoms with Crippen molar-refractivity contribution in [2.45, 2.75) is 32.9 Å². The van der Waals surface area contributed by atoms with Gasteiger partial charge >= 0.3 is 52.4 Å². The van der Waals surface area contributed by atoms with E-state index in [1.807, 2.05) is 0 Å². The molecule has 8 heteroatoms. The molecular formula is C41H40Cl4Si2Zr2. The number of hydrogen-bond donors (Lipinski definition) is 0. The van der Waals surface area contributed by atoms with Crippen molar-refractivity contribution in [1.29, 1.82) is 0 Å². The first-order chi connectivity index (χ1) is 21.3. The maximum atomic E-state index is 2.97. The summed E-state index contributed by atoms with van der Waals surface area (Å²) in [5, 5.41) is 10.8. The molecule has 0 aromatic heterocycles. The van der Waals surface area contributed by atoms with Gasteiger partial charge in [-0.3, -0.25) is 0 Å². The molecule has 0 atom stereocenters. The zero-order valence-corrected chi connectivity index (χ0v) is 38.0. The minimum atomic E-state index is 0. The van der Waals surface area contributed by atoms with Crippen LogP contribution in [-0.4, -0.2) is 20.5 Å². The molecule has 0 nitrogen and oxygen atoms in total. The molecule has 0 amide bonds. The Morgan fingerprint density at radius 1 is 0.429 bits per heavy atom. The Kier molecular flexibility index (Phi) is 36.2. The van der Waals surface area contributed by atoms with Crippen LogP contribution >= 0.6 is 0 Å². The van der Waals surface area contributed by atoms with Crippen LogP contribution in [0.25, 0.3) is 43.1 Å². The van der Waals surface area contributed by atoms with Gasteiger partial charge < -0.3 is 49.6 Å². The first-order valence-corrected chi connectivity index (χ1v) is 16.8. The maximum absolute atomic E-state index is 2.97. The predicted molar refractivity (Wildman–Crippen MR) is 195 cm³/mol. The molecule has 0 aliphatic rings. The van der Waals surface area contributed by atoms with E-state index in [0.717, 1.165) is 0 Å². The van der Waals surface area contributed by atoms with Gasteiger partial charge in [-0.2, -0.15) is 58.1 Å². The van der Waals surface area contributed by atoms with E-state index in [1.165, 1.54) is 61.5 Å². The summed E-state index contributed by atoms with van der Waals surface area (Å²) in [6, 6.07) is 57.1. The van der Waals surface area contributed by atoms with Crippen LogP contribution in [0.1, 0.15) is 18.9 Å². The molecule has 8 aromatic rings. The average Bonchev–Trinajstić information content (AvgIpc) is 3.91.